The molecule has 0 unspecified atom stereocenters. The van der Waals surface area contributed by atoms with Crippen LogP contribution < -0.4 is 15.5 Å². The number of likely N-dealkylation sites (N-methyl/N-ethyl adjacent to an activating group) is 1. The van der Waals surface area contributed by atoms with E-state index in [1.54, 1.807) is 0 Å². The summed E-state index contributed by atoms with van der Waals surface area (Å²) in [7, 11) is 0. The molecule has 0 saturated carbocycles. The van der Waals surface area contributed by atoms with Gasteiger partial charge in [0.05, 0.1) is 19.8 Å². The standard InChI is InChI=1S/C20H35N5O/c1-4-21-20(22-10-12-24-14-16-26-17-15-24)23-11-13-25(5-2)19-9-7-6-8-18(19)3/h6-9H,4-5,10-17H2,1-3H3,(H2,21,22,23). The van der Waals surface area contributed by atoms with E-state index in [-0.39, 0.29) is 0 Å². The van der Waals surface area contributed by atoms with Gasteiger partial charge in [-0.1, -0.05) is 18.2 Å². The summed E-state index contributed by atoms with van der Waals surface area (Å²) in [6.07, 6.45) is 0. The topological polar surface area (TPSA) is 52.1 Å². The molecule has 146 valence electrons. The molecule has 6 heteroatoms. The summed E-state index contributed by atoms with van der Waals surface area (Å²) in [5.74, 6) is 0.904. The first-order chi connectivity index (χ1) is 12.7. The van der Waals surface area contributed by atoms with E-state index < -0.39 is 0 Å². The van der Waals surface area contributed by atoms with Crippen molar-refractivity contribution in [3.8, 4) is 0 Å². The second-order valence-electron chi connectivity index (χ2n) is 6.51. The Kier molecular flexibility index (Phi) is 9.28. The molecule has 1 heterocycles. The van der Waals surface area contributed by atoms with Gasteiger partial charge in [-0.2, -0.15) is 0 Å². The summed E-state index contributed by atoms with van der Waals surface area (Å²) < 4.78 is 5.39. The number of nitrogens with zero attached hydrogens (tertiary/aromatic N) is 3. The number of hydrogen-bond acceptors (Lipinski definition) is 4. The van der Waals surface area contributed by atoms with E-state index in [1.165, 1.54) is 11.3 Å². The molecule has 0 radical (unpaired) electrons. The van der Waals surface area contributed by atoms with Gasteiger partial charge in [0.15, 0.2) is 5.96 Å². The Morgan fingerprint density at radius 3 is 2.65 bits per heavy atom. The summed E-state index contributed by atoms with van der Waals surface area (Å²) in [6.45, 7) is 15.7. The fourth-order valence-corrected chi connectivity index (χ4v) is 3.15. The van der Waals surface area contributed by atoms with E-state index in [4.69, 9.17) is 9.73 Å². The van der Waals surface area contributed by atoms with Crippen molar-refractivity contribution < 1.29 is 4.74 Å². The lowest BCUT2D eigenvalue weighted by atomic mass is 10.2. The molecule has 1 aliphatic rings. The zero-order valence-corrected chi connectivity index (χ0v) is 16.6. The maximum atomic E-state index is 5.39. The number of ether oxygens (including phenoxy) is 1. The molecule has 1 aromatic rings. The summed E-state index contributed by atoms with van der Waals surface area (Å²) in [5, 5.41) is 6.81. The first kappa shape index (κ1) is 20.5. The van der Waals surface area contributed by atoms with Crippen molar-refractivity contribution in [3.63, 3.8) is 0 Å². The molecule has 0 aromatic heterocycles. The van der Waals surface area contributed by atoms with Crippen LogP contribution in [-0.4, -0.2) is 76.4 Å². The molecular formula is C20H35N5O. The van der Waals surface area contributed by atoms with Crippen molar-refractivity contribution in [2.75, 3.05) is 70.5 Å². The molecule has 0 aliphatic carbocycles. The quantitative estimate of drug-likeness (QED) is 0.518. The molecule has 2 N–H and O–H groups in total. The van der Waals surface area contributed by atoms with Gasteiger partial charge in [-0.3, -0.25) is 9.89 Å². The van der Waals surface area contributed by atoms with Gasteiger partial charge in [0.25, 0.3) is 0 Å². The predicted octanol–water partition coefficient (Wildman–Crippen LogP) is 1.71. The molecule has 6 nitrogen and oxygen atoms in total. The van der Waals surface area contributed by atoms with Crippen LogP contribution >= 0.6 is 0 Å². The molecular weight excluding hydrogens is 326 g/mol. The Hall–Kier alpha value is -1.79. The van der Waals surface area contributed by atoms with E-state index >= 15 is 0 Å². The van der Waals surface area contributed by atoms with Gasteiger partial charge in [0.1, 0.15) is 0 Å². The third-order valence-electron chi connectivity index (χ3n) is 4.65. The molecule has 1 fully saturated rings. The van der Waals surface area contributed by atoms with E-state index in [2.05, 4.69) is 65.5 Å². The van der Waals surface area contributed by atoms with E-state index in [1.807, 2.05) is 0 Å². The molecule has 1 aliphatic heterocycles. The lowest BCUT2D eigenvalue weighted by molar-refractivity contribution is 0.0394. The molecule has 0 atom stereocenters. The molecule has 0 amide bonds. The van der Waals surface area contributed by atoms with Gasteiger partial charge >= 0.3 is 0 Å². The fourth-order valence-electron chi connectivity index (χ4n) is 3.15. The van der Waals surface area contributed by atoms with Gasteiger partial charge in [0.2, 0.25) is 0 Å². The minimum absolute atomic E-state index is 0.810. The fraction of sp³-hybridized carbons (Fsp3) is 0.650. The second kappa shape index (κ2) is 11.8. The maximum absolute atomic E-state index is 5.39. The normalized spacial score (nSPS) is 15.7. The molecule has 0 bridgehead atoms. The van der Waals surface area contributed by atoms with Crippen LogP contribution in [-0.2, 0) is 4.74 Å². The van der Waals surface area contributed by atoms with Crippen LogP contribution in [0, 0.1) is 6.92 Å². The van der Waals surface area contributed by atoms with Crippen LogP contribution in [0.4, 0.5) is 5.69 Å². The number of aliphatic imine (C=N–C) groups is 1. The zero-order chi connectivity index (χ0) is 18.6. The molecule has 1 aromatic carbocycles. The van der Waals surface area contributed by atoms with Gasteiger partial charge in [0, 0.05) is 51.5 Å². The Morgan fingerprint density at radius 1 is 1.19 bits per heavy atom. The Labute approximate surface area is 158 Å². The van der Waals surface area contributed by atoms with E-state index in [9.17, 15) is 0 Å². The summed E-state index contributed by atoms with van der Waals surface area (Å²) in [5.41, 5.74) is 2.63. The number of para-hydroxylation sites is 1. The van der Waals surface area contributed by atoms with Crippen molar-refractivity contribution in [1.82, 2.24) is 15.5 Å². The van der Waals surface area contributed by atoms with Crippen LogP contribution in [0.1, 0.15) is 19.4 Å². The number of aryl methyl sites for hydroxylation is 1. The van der Waals surface area contributed by atoms with Crippen molar-refractivity contribution in [1.29, 1.82) is 0 Å². The Bertz CT molecular complexity index is 543. The SMILES string of the molecule is CCNC(=NCCN1CCOCC1)NCCN(CC)c1ccccc1C. The second-order valence-corrected chi connectivity index (χ2v) is 6.51. The van der Waals surface area contributed by atoms with Gasteiger partial charge in [-0.05, 0) is 32.4 Å². The monoisotopic (exact) mass is 361 g/mol. The number of rotatable bonds is 9. The third-order valence-corrected chi connectivity index (χ3v) is 4.65. The lowest BCUT2D eigenvalue weighted by Crippen LogP contribution is -2.42. The van der Waals surface area contributed by atoms with Gasteiger partial charge < -0.3 is 20.3 Å². The molecule has 26 heavy (non-hydrogen) atoms. The first-order valence-electron chi connectivity index (χ1n) is 9.87. The maximum Gasteiger partial charge on any atom is 0.191 e. The molecule has 2 rings (SSSR count). The smallest absolute Gasteiger partial charge is 0.191 e. The number of hydrogen-bond donors (Lipinski definition) is 2. The average molecular weight is 362 g/mol. The van der Waals surface area contributed by atoms with Gasteiger partial charge in [-0.15, -0.1) is 0 Å². The van der Waals surface area contributed by atoms with Gasteiger partial charge in [-0.25, -0.2) is 0 Å². The summed E-state index contributed by atoms with van der Waals surface area (Å²) in [4.78, 5) is 9.53. The van der Waals surface area contributed by atoms with Crippen LogP contribution in [0.3, 0.4) is 0 Å². The third kappa shape index (κ3) is 6.84. The number of nitrogens with one attached hydrogen (secondary N) is 2. The van der Waals surface area contributed by atoms with E-state index in [0.29, 0.717) is 0 Å². The van der Waals surface area contributed by atoms with Crippen LogP contribution in [0.2, 0.25) is 0 Å². The van der Waals surface area contributed by atoms with E-state index in [0.717, 1.165) is 71.5 Å². The molecule has 1 saturated heterocycles. The van der Waals surface area contributed by atoms with Crippen molar-refractivity contribution in [2.45, 2.75) is 20.8 Å². The van der Waals surface area contributed by atoms with Crippen LogP contribution in [0.5, 0.6) is 0 Å². The highest BCUT2D eigenvalue weighted by Gasteiger charge is 2.10. The van der Waals surface area contributed by atoms with Crippen molar-refractivity contribution >= 4 is 11.6 Å². The number of anilines is 1. The highest BCUT2D eigenvalue weighted by molar-refractivity contribution is 5.79. The average Bonchev–Trinajstić information content (AvgIpc) is 2.67. The summed E-state index contributed by atoms with van der Waals surface area (Å²) in [6, 6.07) is 8.56. The van der Waals surface area contributed by atoms with Crippen LogP contribution in [0.25, 0.3) is 0 Å². The minimum Gasteiger partial charge on any atom is -0.379 e. The molecule has 0 spiro atoms. The Balaban J connectivity index is 1.79. The predicted molar refractivity (Wildman–Crippen MR) is 110 cm³/mol. The number of morpholine rings is 1. The van der Waals surface area contributed by atoms with Crippen LogP contribution in [0.15, 0.2) is 29.3 Å². The highest BCUT2D eigenvalue weighted by atomic mass is 16.5. The van der Waals surface area contributed by atoms with Crippen molar-refractivity contribution in [2.24, 2.45) is 4.99 Å². The van der Waals surface area contributed by atoms with Crippen molar-refractivity contribution in [3.05, 3.63) is 29.8 Å². The number of benzene rings is 1. The largest absolute Gasteiger partial charge is 0.379 e. The number of guanidine groups is 1. The summed E-state index contributed by atoms with van der Waals surface area (Å²) >= 11 is 0. The zero-order valence-electron chi connectivity index (χ0n) is 16.6. The minimum atomic E-state index is 0.810. The highest BCUT2D eigenvalue weighted by Crippen LogP contribution is 2.18. The lowest BCUT2D eigenvalue weighted by Gasteiger charge is -2.26. The first-order valence-corrected chi connectivity index (χ1v) is 9.87. The Morgan fingerprint density at radius 2 is 1.96 bits per heavy atom.